The van der Waals surface area contributed by atoms with E-state index in [-0.39, 0.29) is 11.9 Å². The topological polar surface area (TPSA) is 55.1 Å². The third kappa shape index (κ3) is 3.13. The molecule has 80 valence electrons. The van der Waals surface area contributed by atoms with Gasteiger partial charge in [0.25, 0.3) is 5.91 Å². The van der Waals surface area contributed by atoms with E-state index in [0.717, 1.165) is 6.42 Å². The predicted octanol–water partition coefficient (Wildman–Crippen LogP) is 1.51. The van der Waals surface area contributed by atoms with Gasteiger partial charge in [0.1, 0.15) is 5.76 Å². The van der Waals surface area contributed by atoms with E-state index in [1.807, 2.05) is 6.92 Å². The highest BCUT2D eigenvalue weighted by molar-refractivity contribution is 5.92. The summed E-state index contributed by atoms with van der Waals surface area (Å²) in [6, 6.07) is 1.59. The molecule has 0 fully saturated rings. The Kier molecular flexibility index (Phi) is 3.92. The van der Waals surface area contributed by atoms with Crippen molar-refractivity contribution in [2.45, 2.75) is 32.7 Å². The minimum absolute atomic E-state index is 0.000457. The van der Waals surface area contributed by atoms with Gasteiger partial charge in [-0.05, 0) is 13.3 Å². The first kappa shape index (κ1) is 11.3. The van der Waals surface area contributed by atoms with E-state index in [2.05, 4.69) is 16.4 Å². The molecule has 1 heterocycles. The molecule has 0 saturated carbocycles. The van der Waals surface area contributed by atoms with E-state index < -0.39 is 0 Å². The van der Waals surface area contributed by atoms with Crippen LogP contribution in [0.5, 0.6) is 0 Å². The van der Waals surface area contributed by atoms with Crippen LogP contribution in [0.3, 0.4) is 0 Å². The second kappa shape index (κ2) is 5.20. The predicted molar refractivity (Wildman–Crippen MR) is 56.2 cm³/mol. The molecule has 15 heavy (non-hydrogen) atoms. The summed E-state index contributed by atoms with van der Waals surface area (Å²) < 4.78 is 4.81. The second-order valence-electron chi connectivity index (χ2n) is 3.31. The molecule has 1 aromatic heterocycles. The van der Waals surface area contributed by atoms with Gasteiger partial charge >= 0.3 is 0 Å². The summed E-state index contributed by atoms with van der Waals surface area (Å²) in [6.45, 7) is 3.71. The Balaban J connectivity index is 2.59. The molecule has 1 rings (SSSR count). The fourth-order valence-electron chi connectivity index (χ4n) is 1.17. The van der Waals surface area contributed by atoms with Gasteiger partial charge in [0.15, 0.2) is 5.69 Å². The highest BCUT2D eigenvalue weighted by Gasteiger charge is 2.14. The van der Waals surface area contributed by atoms with Crippen LogP contribution in [0.25, 0.3) is 0 Å². The molecule has 1 amide bonds. The first-order valence-electron chi connectivity index (χ1n) is 4.85. The fraction of sp³-hybridized carbons (Fsp3) is 0.455. The van der Waals surface area contributed by atoms with Crippen LogP contribution in [0.4, 0.5) is 0 Å². The zero-order valence-electron chi connectivity index (χ0n) is 8.91. The highest BCUT2D eigenvalue weighted by Crippen LogP contribution is 2.03. The van der Waals surface area contributed by atoms with E-state index in [0.29, 0.717) is 17.9 Å². The van der Waals surface area contributed by atoms with Crippen molar-refractivity contribution in [2.24, 2.45) is 0 Å². The van der Waals surface area contributed by atoms with Crippen molar-refractivity contribution in [3.63, 3.8) is 0 Å². The van der Waals surface area contributed by atoms with Crippen LogP contribution in [-0.2, 0) is 0 Å². The normalized spacial score (nSPS) is 11.8. The summed E-state index contributed by atoms with van der Waals surface area (Å²) in [6.07, 6.45) is 6.51. The molecule has 1 aromatic rings. The van der Waals surface area contributed by atoms with Crippen LogP contribution in [0, 0.1) is 19.3 Å². The molecule has 0 spiro atoms. The van der Waals surface area contributed by atoms with Crippen molar-refractivity contribution >= 4 is 5.91 Å². The Morgan fingerprint density at radius 2 is 2.53 bits per heavy atom. The maximum atomic E-state index is 11.6. The summed E-state index contributed by atoms with van der Waals surface area (Å²) in [5.41, 5.74) is 0.294. The van der Waals surface area contributed by atoms with E-state index >= 15 is 0 Å². The first-order valence-corrected chi connectivity index (χ1v) is 4.85. The van der Waals surface area contributed by atoms with Gasteiger partial charge in [-0.3, -0.25) is 4.79 Å². The molecule has 0 aromatic carbocycles. The number of amides is 1. The van der Waals surface area contributed by atoms with Crippen LogP contribution < -0.4 is 5.32 Å². The number of aromatic nitrogens is 1. The number of rotatable bonds is 4. The molecular formula is C11H14N2O2. The average molecular weight is 206 g/mol. The van der Waals surface area contributed by atoms with Gasteiger partial charge in [-0.25, -0.2) is 0 Å². The summed E-state index contributed by atoms with van der Waals surface area (Å²) in [4.78, 5) is 11.6. The minimum atomic E-state index is -0.242. The van der Waals surface area contributed by atoms with Crippen molar-refractivity contribution in [1.29, 1.82) is 0 Å². The molecule has 0 aliphatic heterocycles. The molecule has 4 heteroatoms. The number of terminal acetylenes is 1. The van der Waals surface area contributed by atoms with Crippen LogP contribution in [0.1, 0.15) is 36.0 Å². The molecule has 0 aliphatic carbocycles. The third-order valence-electron chi connectivity index (χ3n) is 2.05. The Hall–Kier alpha value is -1.76. The molecule has 1 unspecified atom stereocenters. The lowest BCUT2D eigenvalue weighted by atomic mass is 10.1. The number of aryl methyl sites for hydroxylation is 1. The Morgan fingerprint density at radius 1 is 1.80 bits per heavy atom. The molecule has 4 nitrogen and oxygen atoms in total. The highest BCUT2D eigenvalue weighted by atomic mass is 16.5. The summed E-state index contributed by atoms with van der Waals surface area (Å²) in [7, 11) is 0. The van der Waals surface area contributed by atoms with Gasteiger partial charge in [-0.2, -0.15) is 0 Å². The molecule has 0 saturated heterocycles. The lowest BCUT2D eigenvalue weighted by Crippen LogP contribution is -2.34. The van der Waals surface area contributed by atoms with Crippen LogP contribution in [0.15, 0.2) is 10.6 Å². The molecule has 0 aliphatic rings. The molecular weight excluding hydrogens is 192 g/mol. The standard InChI is InChI=1S/C11H14N2O2/c1-4-6-9(5-2)12-11(14)10-7-8(3)15-13-10/h1,7,9H,5-6H2,2-3H3,(H,12,14). The van der Waals surface area contributed by atoms with Crippen molar-refractivity contribution in [1.82, 2.24) is 10.5 Å². The average Bonchev–Trinajstić information content (AvgIpc) is 2.64. The lowest BCUT2D eigenvalue weighted by molar-refractivity contribution is 0.0927. The zero-order valence-corrected chi connectivity index (χ0v) is 8.91. The first-order chi connectivity index (χ1) is 7.17. The Morgan fingerprint density at radius 3 is 3.00 bits per heavy atom. The van der Waals surface area contributed by atoms with Gasteiger partial charge < -0.3 is 9.84 Å². The number of nitrogens with zero attached hydrogens (tertiary/aromatic N) is 1. The van der Waals surface area contributed by atoms with Gasteiger partial charge in [0.05, 0.1) is 0 Å². The zero-order chi connectivity index (χ0) is 11.3. The van der Waals surface area contributed by atoms with Crippen LogP contribution in [0.2, 0.25) is 0 Å². The minimum Gasteiger partial charge on any atom is -0.361 e. The number of hydrogen-bond acceptors (Lipinski definition) is 3. The summed E-state index contributed by atoms with van der Waals surface area (Å²) in [5.74, 6) is 2.90. The van der Waals surface area contributed by atoms with E-state index in [1.54, 1.807) is 13.0 Å². The van der Waals surface area contributed by atoms with Gasteiger partial charge in [-0.15, -0.1) is 12.3 Å². The van der Waals surface area contributed by atoms with Crippen molar-refractivity contribution in [2.75, 3.05) is 0 Å². The fourth-order valence-corrected chi connectivity index (χ4v) is 1.17. The maximum Gasteiger partial charge on any atom is 0.273 e. The smallest absolute Gasteiger partial charge is 0.273 e. The van der Waals surface area contributed by atoms with Crippen molar-refractivity contribution in [3.05, 3.63) is 17.5 Å². The number of nitrogens with one attached hydrogen (secondary N) is 1. The largest absolute Gasteiger partial charge is 0.361 e. The van der Waals surface area contributed by atoms with Crippen LogP contribution >= 0.6 is 0 Å². The van der Waals surface area contributed by atoms with Crippen molar-refractivity contribution in [3.8, 4) is 12.3 Å². The molecule has 1 atom stereocenters. The lowest BCUT2D eigenvalue weighted by Gasteiger charge is -2.12. The molecule has 0 bridgehead atoms. The molecule has 1 N–H and O–H groups in total. The molecule has 0 radical (unpaired) electrons. The summed E-state index contributed by atoms with van der Waals surface area (Å²) >= 11 is 0. The monoisotopic (exact) mass is 206 g/mol. The number of carbonyl (C=O) groups excluding carboxylic acids is 1. The Bertz CT molecular complexity index is 376. The summed E-state index contributed by atoms with van der Waals surface area (Å²) in [5, 5.41) is 6.42. The van der Waals surface area contributed by atoms with Crippen LogP contribution in [-0.4, -0.2) is 17.1 Å². The van der Waals surface area contributed by atoms with E-state index in [9.17, 15) is 4.79 Å². The van der Waals surface area contributed by atoms with Gasteiger partial charge in [0, 0.05) is 18.5 Å². The number of carbonyl (C=O) groups is 1. The van der Waals surface area contributed by atoms with Gasteiger partial charge in [-0.1, -0.05) is 12.1 Å². The SMILES string of the molecule is C#CCC(CC)NC(=O)c1cc(C)on1. The van der Waals surface area contributed by atoms with Gasteiger partial charge in [0.2, 0.25) is 0 Å². The Labute approximate surface area is 89.0 Å². The van der Waals surface area contributed by atoms with E-state index in [4.69, 9.17) is 10.9 Å². The maximum absolute atomic E-state index is 11.6. The quantitative estimate of drug-likeness (QED) is 0.760. The van der Waals surface area contributed by atoms with Crippen molar-refractivity contribution < 1.29 is 9.32 Å². The second-order valence-corrected chi connectivity index (χ2v) is 3.31. The van der Waals surface area contributed by atoms with E-state index in [1.165, 1.54) is 0 Å². The number of hydrogen-bond donors (Lipinski definition) is 1. The third-order valence-corrected chi connectivity index (χ3v) is 2.05.